The van der Waals surface area contributed by atoms with Crippen molar-refractivity contribution in [3.05, 3.63) is 57.5 Å². The molecule has 2 N–H and O–H groups in total. The van der Waals surface area contributed by atoms with Crippen molar-refractivity contribution in [1.29, 1.82) is 0 Å². The maximum absolute atomic E-state index is 13.4. The summed E-state index contributed by atoms with van der Waals surface area (Å²) < 4.78 is 50.5. The first kappa shape index (κ1) is 13.0. The van der Waals surface area contributed by atoms with Crippen LogP contribution in [0.5, 0.6) is 0 Å². The van der Waals surface area contributed by atoms with Gasteiger partial charge in [0.2, 0.25) is 0 Å². The predicted molar refractivity (Wildman–Crippen MR) is 61.8 cm³/mol. The van der Waals surface area contributed by atoms with Crippen LogP contribution >= 0.6 is 11.3 Å². The first-order valence-corrected chi connectivity index (χ1v) is 5.98. The van der Waals surface area contributed by atoms with Gasteiger partial charge in [-0.3, -0.25) is 0 Å². The third kappa shape index (κ3) is 2.54. The summed E-state index contributed by atoms with van der Waals surface area (Å²) in [5.41, 5.74) is 5.64. The Morgan fingerprint density at radius 1 is 1.11 bits per heavy atom. The van der Waals surface area contributed by atoms with Gasteiger partial charge in [-0.05, 0) is 40.1 Å². The highest BCUT2D eigenvalue weighted by atomic mass is 32.1. The predicted octanol–water partition coefficient (Wildman–Crippen LogP) is 3.95. The molecule has 0 bridgehead atoms. The lowest BCUT2D eigenvalue weighted by Crippen LogP contribution is -2.13. The van der Waals surface area contributed by atoms with Crippen LogP contribution < -0.4 is 5.73 Å². The van der Waals surface area contributed by atoms with Crippen molar-refractivity contribution in [2.75, 3.05) is 0 Å². The third-order valence-corrected chi connectivity index (χ3v) is 3.26. The van der Waals surface area contributed by atoms with Gasteiger partial charge in [-0.25, -0.2) is 4.39 Å². The van der Waals surface area contributed by atoms with Crippen molar-refractivity contribution in [3.63, 3.8) is 0 Å². The molecule has 0 aliphatic carbocycles. The maximum Gasteiger partial charge on any atom is 0.419 e. The molecule has 0 amide bonds. The van der Waals surface area contributed by atoms with E-state index in [1.54, 1.807) is 16.8 Å². The number of hydrogen-bond donors (Lipinski definition) is 1. The molecule has 0 aliphatic rings. The topological polar surface area (TPSA) is 26.0 Å². The monoisotopic (exact) mass is 275 g/mol. The Balaban J connectivity index is 2.35. The molecule has 0 unspecified atom stereocenters. The zero-order valence-electron chi connectivity index (χ0n) is 9.04. The molecular weight excluding hydrogens is 266 g/mol. The summed E-state index contributed by atoms with van der Waals surface area (Å²) in [5, 5.41) is 3.58. The first-order valence-electron chi connectivity index (χ1n) is 5.04. The van der Waals surface area contributed by atoms with Crippen LogP contribution in [0.15, 0.2) is 35.0 Å². The number of alkyl halides is 3. The molecule has 1 aromatic heterocycles. The Bertz CT molecular complexity index is 534. The molecule has 96 valence electrons. The smallest absolute Gasteiger partial charge is 0.320 e. The van der Waals surface area contributed by atoms with E-state index in [1.165, 1.54) is 17.4 Å². The minimum absolute atomic E-state index is 0.318. The van der Waals surface area contributed by atoms with Gasteiger partial charge in [0.25, 0.3) is 0 Å². The van der Waals surface area contributed by atoms with Crippen LogP contribution in [0.4, 0.5) is 17.6 Å². The molecule has 1 aromatic carbocycles. The van der Waals surface area contributed by atoms with E-state index in [0.29, 0.717) is 5.56 Å². The van der Waals surface area contributed by atoms with Gasteiger partial charge in [0.1, 0.15) is 5.82 Å². The van der Waals surface area contributed by atoms with E-state index in [1.807, 2.05) is 0 Å². The Morgan fingerprint density at radius 3 is 2.33 bits per heavy atom. The van der Waals surface area contributed by atoms with E-state index in [9.17, 15) is 17.6 Å². The molecule has 0 saturated heterocycles. The molecule has 0 aliphatic heterocycles. The molecule has 0 spiro atoms. The molecule has 1 atom stereocenters. The van der Waals surface area contributed by atoms with Gasteiger partial charge in [-0.15, -0.1) is 0 Å². The van der Waals surface area contributed by atoms with Crippen molar-refractivity contribution in [1.82, 2.24) is 0 Å². The highest BCUT2D eigenvalue weighted by Crippen LogP contribution is 2.33. The van der Waals surface area contributed by atoms with Crippen LogP contribution in [0.1, 0.15) is 22.7 Å². The van der Waals surface area contributed by atoms with Gasteiger partial charge in [0.15, 0.2) is 0 Å². The summed E-state index contributed by atoms with van der Waals surface area (Å²) >= 11 is 1.42. The summed E-state index contributed by atoms with van der Waals surface area (Å²) in [6.45, 7) is 0. The fourth-order valence-corrected chi connectivity index (χ4v) is 2.30. The Kier molecular flexibility index (Phi) is 3.41. The van der Waals surface area contributed by atoms with E-state index in [0.717, 1.165) is 17.7 Å². The first-order chi connectivity index (χ1) is 8.39. The molecule has 1 nitrogen and oxygen atoms in total. The van der Waals surface area contributed by atoms with Gasteiger partial charge < -0.3 is 5.73 Å². The minimum atomic E-state index is -4.69. The van der Waals surface area contributed by atoms with E-state index >= 15 is 0 Å². The van der Waals surface area contributed by atoms with Crippen LogP contribution in [-0.2, 0) is 6.18 Å². The van der Waals surface area contributed by atoms with Crippen molar-refractivity contribution in [3.8, 4) is 0 Å². The van der Waals surface area contributed by atoms with E-state index < -0.39 is 23.6 Å². The van der Waals surface area contributed by atoms with E-state index in [4.69, 9.17) is 5.73 Å². The fourth-order valence-electron chi connectivity index (χ4n) is 1.60. The average molecular weight is 275 g/mol. The summed E-state index contributed by atoms with van der Waals surface area (Å²) in [5.74, 6) is -1.30. The standard InChI is InChI=1S/C12H9F4NS/c13-10-5-7(1-2-9(10)12(14,15)16)11(17)8-3-4-18-6-8/h1-6,11H,17H2/t11-/m1/s1. The van der Waals surface area contributed by atoms with Gasteiger partial charge in [0, 0.05) is 0 Å². The lowest BCUT2D eigenvalue weighted by Gasteiger charge is -2.13. The fraction of sp³-hybridized carbons (Fsp3) is 0.167. The summed E-state index contributed by atoms with van der Waals surface area (Å²) in [6.07, 6.45) is -4.69. The second-order valence-electron chi connectivity index (χ2n) is 3.77. The number of halogens is 4. The van der Waals surface area contributed by atoms with Gasteiger partial charge in [-0.1, -0.05) is 6.07 Å². The molecule has 0 radical (unpaired) electrons. The summed E-state index contributed by atoms with van der Waals surface area (Å²) in [7, 11) is 0. The normalized spacial score (nSPS) is 13.6. The zero-order chi connectivity index (χ0) is 13.3. The molecule has 1 heterocycles. The zero-order valence-corrected chi connectivity index (χ0v) is 9.86. The van der Waals surface area contributed by atoms with Crippen molar-refractivity contribution in [2.24, 2.45) is 5.73 Å². The number of rotatable bonds is 2. The molecule has 6 heteroatoms. The van der Waals surface area contributed by atoms with Crippen LogP contribution in [0.2, 0.25) is 0 Å². The largest absolute Gasteiger partial charge is 0.419 e. The van der Waals surface area contributed by atoms with E-state index in [2.05, 4.69) is 0 Å². The van der Waals surface area contributed by atoms with E-state index in [-0.39, 0.29) is 0 Å². The summed E-state index contributed by atoms with van der Waals surface area (Å²) in [6, 6.07) is 3.90. The highest BCUT2D eigenvalue weighted by Gasteiger charge is 2.34. The van der Waals surface area contributed by atoms with Crippen LogP contribution in [-0.4, -0.2) is 0 Å². The molecule has 0 saturated carbocycles. The molecular formula is C12H9F4NS. The van der Waals surface area contributed by atoms with Crippen LogP contribution in [0.3, 0.4) is 0 Å². The second-order valence-corrected chi connectivity index (χ2v) is 4.55. The molecule has 2 aromatic rings. The average Bonchev–Trinajstić information content (AvgIpc) is 2.79. The lowest BCUT2D eigenvalue weighted by molar-refractivity contribution is -0.140. The lowest BCUT2D eigenvalue weighted by atomic mass is 10.0. The number of hydrogen-bond acceptors (Lipinski definition) is 2. The number of thiophene rings is 1. The number of benzene rings is 1. The maximum atomic E-state index is 13.4. The van der Waals surface area contributed by atoms with Crippen LogP contribution in [0.25, 0.3) is 0 Å². The Hall–Kier alpha value is -1.40. The minimum Gasteiger partial charge on any atom is -0.320 e. The van der Waals surface area contributed by atoms with Gasteiger partial charge >= 0.3 is 6.18 Å². The molecule has 0 fully saturated rings. The molecule has 2 rings (SSSR count). The Morgan fingerprint density at radius 2 is 1.83 bits per heavy atom. The highest BCUT2D eigenvalue weighted by molar-refractivity contribution is 7.08. The number of nitrogens with two attached hydrogens (primary N) is 1. The van der Waals surface area contributed by atoms with Crippen molar-refractivity contribution in [2.45, 2.75) is 12.2 Å². The van der Waals surface area contributed by atoms with Gasteiger partial charge in [-0.2, -0.15) is 24.5 Å². The summed E-state index contributed by atoms with van der Waals surface area (Å²) in [4.78, 5) is 0. The third-order valence-electron chi connectivity index (χ3n) is 2.56. The SMILES string of the molecule is N[C@@H](c1ccsc1)c1ccc(C(F)(F)F)c(F)c1. The van der Waals surface area contributed by atoms with Gasteiger partial charge in [0.05, 0.1) is 11.6 Å². The quantitative estimate of drug-likeness (QED) is 0.825. The second kappa shape index (κ2) is 4.70. The Labute approximate surface area is 105 Å². The van der Waals surface area contributed by atoms with Crippen molar-refractivity contribution >= 4 is 11.3 Å². The molecule has 18 heavy (non-hydrogen) atoms. The van der Waals surface area contributed by atoms with Crippen LogP contribution in [0, 0.1) is 5.82 Å². The van der Waals surface area contributed by atoms with Crippen molar-refractivity contribution < 1.29 is 17.6 Å².